The predicted octanol–water partition coefficient (Wildman–Crippen LogP) is -8.93. The van der Waals surface area contributed by atoms with Crippen LogP contribution in [0.15, 0.2) is 0 Å². The maximum Gasteiger partial charge on any atom is 1.00 e. The van der Waals surface area contributed by atoms with E-state index in [4.69, 9.17) is 0 Å². The third-order valence-electron chi connectivity index (χ3n) is 13.8. The Labute approximate surface area is 378 Å². The summed E-state index contributed by atoms with van der Waals surface area (Å²) in [6.07, 6.45) is 25.6. The zero-order valence-corrected chi connectivity index (χ0v) is 37.8. The van der Waals surface area contributed by atoms with Gasteiger partial charge in [-0.05, 0) is 98.7 Å². The van der Waals surface area contributed by atoms with Crippen LogP contribution in [0.1, 0.15) is 108 Å². The molecule has 1 radical (unpaired) electrons. The van der Waals surface area contributed by atoms with Crippen molar-refractivity contribution in [3.05, 3.63) is 0 Å². The van der Waals surface area contributed by atoms with Crippen molar-refractivity contribution in [2.75, 3.05) is 0 Å². The smallest absolute Gasteiger partial charge is 1.00 e. The molecule has 5 saturated heterocycles. The SMILES string of the molecule is C1CCC2C3NC(NC4NC(NC5NC(NC6NC(N3)C3CCCCC63)C3CCCCC53)C3CCCCC43)C2C1.[Cu].[H-].[H-].[H-].[H-].[Na+].[Na+].[Na+].[Na+]. The van der Waals surface area contributed by atoms with Gasteiger partial charge in [-0.25, -0.2) is 0 Å². The maximum atomic E-state index is 4.26. The van der Waals surface area contributed by atoms with Crippen LogP contribution in [0, 0.1) is 47.3 Å². The van der Waals surface area contributed by atoms with Gasteiger partial charge < -0.3 is 5.71 Å². The van der Waals surface area contributed by atoms with Crippen LogP contribution in [0.4, 0.5) is 0 Å². The Morgan fingerprint density at radius 3 is 0.467 bits per heavy atom. The van der Waals surface area contributed by atoms with E-state index < -0.39 is 0 Å². The van der Waals surface area contributed by atoms with Gasteiger partial charge in [-0.2, -0.15) is 0 Å². The summed E-state index contributed by atoms with van der Waals surface area (Å²) in [5, 5.41) is 33.8. The van der Waals surface area contributed by atoms with Crippen LogP contribution in [0.5, 0.6) is 0 Å². The molecule has 5 heterocycles. The quantitative estimate of drug-likeness (QED) is 0.118. The molecule has 9 rings (SSSR count). The minimum absolute atomic E-state index is 0. The molecule has 0 amide bonds. The summed E-state index contributed by atoms with van der Waals surface area (Å²) < 4.78 is 0. The standard InChI is InChI=1S/C32H56N8.Cu.4Na.4H/c1-2-10-18-17(9-1)25-33-26(18)38-28-21-13-5-6-14-22(21)30(35-28)40-32-24-16-8-7-15-23(24)31(36-32)39-29-20-12-4-3-11-19(20)27(34-29)37-25;;;;;;;;;/h17-40H,1-16H2;;;;;;;;;/q;;4*+1;4*-1. The fraction of sp³-hybridized carbons (Fsp3) is 1.00. The largest absolute Gasteiger partial charge is 1.00 e. The summed E-state index contributed by atoms with van der Waals surface area (Å²) in [7, 11) is 0. The van der Waals surface area contributed by atoms with E-state index in [9.17, 15) is 0 Å². The molecule has 8 nitrogen and oxygen atoms in total. The molecule has 45 heavy (non-hydrogen) atoms. The molecule has 0 aromatic rings. The Morgan fingerprint density at radius 1 is 0.244 bits per heavy atom. The van der Waals surface area contributed by atoms with Gasteiger partial charge in [0.05, 0.1) is 49.3 Å². The van der Waals surface area contributed by atoms with E-state index in [-0.39, 0.29) is 141 Å². The first-order chi connectivity index (χ1) is 19.8. The van der Waals surface area contributed by atoms with E-state index in [1.807, 2.05) is 0 Å². The van der Waals surface area contributed by atoms with Gasteiger partial charge in [0.15, 0.2) is 0 Å². The molecular weight excluding hydrogens is 652 g/mol. The summed E-state index contributed by atoms with van der Waals surface area (Å²) in [5.74, 6) is 5.97. The van der Waals surface area contributed by atoms with Crippen LogP contribution in [0.3, 0.4) is 0 Å². The Bertz CT molecular complexity index is 756. The zero-order valence-electron chi connectivity index (χ0n) is 32.9. The normalized spacial score (nSPS) is 51.2. The third-order valence-corrected chi connectivity index (χ3v) is 13.8. The van der Waals surface area contributed by atoms with Crippen molar-refractivity contribution in [1.29, 1.82) is 0 Å². The average molecular weight is 712 g/mol. The van der Waals surface area contributed by atoms with Gasteiger partial charge in [-0.1, -0.05) is 51.4 Å². The van der Waals surface area contributed by atoms with Crippen molar-refractivity contribution < 1.29 is 141 Å². The second-order valence-electron chi connectivity index (χ2n) is 15.6. The maximum absolute atomic E-state index is 4.26. The first-order valence-electron chi connectivity index (χ1n) is 17.9. The van der Waals surface area contributed by atoms with E-state index in [1.54, 1.807) is 0 Å². The van der Waals surface area contributed by atoms with Crippen molar-refractivity contribution in [1.82, 2.24) is 42.5 Å². The molecule has 0 spiro atoms. The molecule has 9 fully saturated rings. The van der Waals surface area contributed by atoms with Gasteiger partial charge in [-0.15, -0.1) is 0 Å². The van der Waals surface area contributed by atoms with Crippen molar-refractivity contribution in [3.63, 3.8) is 0 Å². The molecule has 8 atom stereocenters. The van der Waals surface area contributed by atoms with E-state index in [0.29, 0.717) is 49.3 Å². The zero-order chi connectivity index (χ0) is 26.2. The van der Waals surface area contributed by atoms with Crippen molar-refractivity contribution >= 4 is 0 Å². The summed E-state index contributed by atoms with van der Waals surface area (Å²) >= 11 is 0. The van der Waals surface area contributed by atoms with Gasteiger partial charge >= 0.3 is 118 Å². The van der Waals surface area contributed by atoms with Crippen LogP contribution in [-0.2, 0) is 17.1 Å². The minimum atomic E-state index is 0. The van der Waals surface area contributed by atoms with Crippen molar-refractivity contribution in [3.8, 4) is 0 Å². The molecule has 4 saturated carbocycles. The second kappa shape index (κ2) is 18.5. The van der Waals surface area contributed by atoms with Gasteiger partial charge in [0.2, 0.25) is 0 Å². The fourth-order valence-electron chi connectivity index (χ4n) is 12.0. The van der Waals surface area contributed by atoms with Crippen LogP contribution in [-0.4, -0.2) is 49.3 Å². The van der Waals surface area contributed by atoms with Gasteiger partial charge in [0.1, 0.15) is 0 Å². The van der Waals surface area contributed by atoms with E-state index in [2.05, 4.69) is 42.5 Å². The molecule has 8 unspecified atom stereocenters. The number of nitrogens with one attached hydrogen (secondary N) is 8. The van der Waals surface area contributed by atoms with Gasteiger partial charge in [0, 0.05) is 17.1 Å². The number of rotatable bonds is 0. The van der Waals surface area contributed by atoms with Crippen LogP contribution in [0.25, 0.3) is 0 Å². The van der Waals surface area contributed by atoms with Gasteiger partial charge in [-0.3, -0.25) is 42.5 Å². The molecule has 4 aliphatic carbocycles. The van der Waals surface area contributed by atoms with E-state index >= 15 is 0 Å². The molecule has 9 aliphatic rings. The average Bonchev–Trinajstić information content (AvgIpc) is 3.73. The summed E-state index contributed by atoms with van der Waals surface area (Å²) in [5.41, 5.74) is 0. The topological polar surface area (TPSA) is 96.2 Å². The number of hydrogen-bond donors (Lipinski definition) is 8. The third kappa shape index (κ3) is 8.17. The van der Waals surface area contributed by atoms with Gasteiger partial charge in [0.25, 0.3) is 0 Å². The molecule has 5 aliphatic heterocycles. The molecule has 8 N–H and O–H groups in total. The molecule has 0 aromatic heterocycles. The van der Waals surface area contributed by atoms with Crippen LogP contribution < -0.4 is 161 Å². The Balaban J connectivity index is 0.00000256. The fourth-order valence-corrected chi connectivity index (χ4v) is 12.0. The number of fused-ring (bicyclic) bond motifs is 20. The molecular formula is C32H60CuN8Na4. The second-order valence-corrected chi connectivity index (χ2v) is 15.6. The summed E-state index contributed by atoms with van der Waals surface area (Å²) in [6.45, 7) is 0. The van der Waals surface area contributed by atoms with E-state index in [1.165, 1.54) is 103 Å². The number of hydrogen-bond acceptors (Lipinski definition) is 8. The Morgan fingerprint density at radius 2 is 0.356 bits per heavy atom. The first kappa shape index (κ1) is 41.9. The van der Waals surface area contributed by atoms with Crippen molar-refractivity contribution in [2.45, 2.75) is 152 Å². The monoisotopic (exact) mass is 711 g/mol. The van der Waals surface area contributed by atoms with Crippen molar-refractivity contribution in [2.24, 2.45) is 47.3 Å². The molecule has 243 valence electrons. The Hall–Kier alpha value is 4.20. The van der Waals surface area contributed by atoms with E-state index in [0.717, 1.165) is 47.3 Å². The summed E-state index contributed by atoms with van der Waals surface area (Å²) in [4.78, 5) is 0. The summed E-state index contributed by atoms with van der Waals surface area (Å²) in [6, 6.07) is 0. The molecule has 8 bridgehead atoms. The van der Waals surface area contributed by atoms with Crippen LogP contribution in [0.2, 0.25) is 0 Å². The molecule has 13 heteroatoms. The first-order valence-corrected chi connectivity index (χ1v) is 17.9. The Kier molecular flexibility index (Phi) is 17.2. The molecule has 0 aromatic carbocycles. The van der Waals surface area contributed by atoms with Crippen LogP contribution >= 0.6 is 0 Å². The minimum Gasteiger partial charge on any atom is -1.00 e. The predicted molar refractivity (Wildman–Crippen MR) is 162 cm³/mol.